The standard InChI is InChI=1S/C6B8N2/c7-1-2(8)4(10)6(16(13)14)5(3(1)9)15(11)12. The molecule has 0 N–H and O–H groups in total. The molecule has 1 rings (SSSR count). The summed E-state index contributed by atoms with van der Waals surface area (Å²) in [6.45, 7) is 0. The molecule has 0 aliphatic carbocycles. The Balaban J connectivity index is 3.69. The maximum absolute atomic E-state index is 5.69. The quantitative estimate of drug-likeness (QED) is 0.426. The second-order valence-corrected chi connectivity index (χ2v) is 3.17. The minimum atomic E-state index is 0.0487. The zero-order valence-corrected chi connectivity index (χ0v) is 8.51. The Morgan fingerprint density at radius 2 is 0.750 bits per heavy atom. The normalized spacial score (nSPS) is 10.0. The van der Waals surface area contributed by atoms with Crippen LogP contribution in [-0.4, -0.2) is 63.3 Å². The molecule has 0 heterocycles. The van der Waals surface area contributed by atoms with Crippen LogP contribution in [0.5, 0.6) is 0 Å². The van der Waals surface area contributed by atoms with Crippen LogP contribution in [0, 0.1) is 0 Å². The van der Waals surface area contributed by atoms with Gasteiger partial charge in [0.25, 0.3) is 0 Å². The SMILES string of the molecule is [B]c1c([B])c([B])c(N([B])[B])c(N([B])[B])c1[B]. The predicted molar refractivity (Wildman–Crippen MR) is 76.0 cm³/mol. The lowest BCUT2D eigenvalue weighted by Crippen LogP contribution is -2.51. The first kappa shape index (κ1) is 13.4. The van der Waals surface area contributed by atoms with Gasteiger partial charge in [-0.25, -0.2) is 0 Å². The second-order valence-electron chi connectivity index (χ2n) is 3.17. The summed E-state index contributed by atoms with van der Waals surface area (Å²) in [7, 11) is 44.2. The van der Waals surface area contributed by atoms with Crippen molar-refractivity contribution in [1.82, 2.24) is 0 Å². The molecule has 58 valence electrons. The molecule has 0 saturated heterocycles. The van der Waals surface area contributed by atoms with Crippen molar-refractivity contribution in [2.24, 2.45) is 0 Å². The lowest BCUT2D eigenvalue weighted by atomic mass is 9.64. The van der Waals surface area contributed by atoms with Gasteiger partial charge >= 0.3 is 0 Å². The third-order valence-corrected chi connectivity index (χ3v) is 2.12. The van der Waals surface area contributed by atoms with E-state index in [9.17, 15) is 0 Å². The van der Waals surface area contributed by atoms with E-state index in [1.165, 1.54) is 0 Å². The summed E-state index contributed by atoms with van der Waals surface area (Å²) in [6.07, 6.45) is 0. The molecule has 0 fully saturated rings. The first-order chi connectivity index (χ1) is 7.29. The van der Waals surface area contributed by atoms with Gasteiger partial charge in [0.1, 0.15) is 31.4 Å². The van der Waals surface area contributed by atoms with Crippen LogP contribution in [0.2, 0.25) is 0 Å². The van der Waals surface area contributed by atoms with Gasteiger partial charge in [0, 0.05) is 11.4 Å². The minimum Gasteiger partial charge on any atom is -0.478 e. The molecule has 2 nitrogen and oxygen atoms in total. The van der Waals surface area contributed by atoms with Gasteiger partial charge in [0.15, 0.2) is 0 Å². The van der Waals surface area contributed by atoms with E-state index in [2.05, 4.69) is 0 Å². The van der Waals surface area contributed by atoms with Crippen molar-refractivity contribution < 1.29 is 0 Å². The summed E-state index contributed by atoms with van der Waals surface area (Å²) in [6, 6.07) is 0. The average molecular weight is 187 g/mol. The Morgan fingerprint density at radius 3 is 0.938 bits per heavy atom. The Labute approximate surface area is 106 Å². The Kier molecular flexibility index (Phi) is 3.92. The van der Waals surface area contributed by atoms with Gasteiger partial charge in [-0.1, -0.05) is 10.9 Å². The second kappa shape index (κ2) is 4.68. The molecule has 1 aromatic rings. The minimum absolute atomic E-state index is 0.0487. The summed E-state index contributed by atoms with van der Waals surface area (Å²) < 4.78 is 1.42. The fourth-order valence-electron chi connectivity index (χ4n) is 1.32. The molecule has 0 aromatic heterocycles. The molecule has 0 atom stereocenters. The molecule has 16 heavy (non-hydrogen) atoms. The average Bonchev–Trinajstić information content (AvgIpc) is 2.18. The molecular weight excluding hydrogens is 187 g/mol. The molecule has 0 bridgehead atoms. The van der Waals surface area contributed by atoms with E-state index >= 15 is 0 Å². The van der Waals surface area contributed by atoms with E-state index in [0.717, 1.165) is 0 Å². The van der Waals surface area contributed by atoms with Crippen LogP contribution in [-0.2, 0) is 0 Å². The van der Waals surface area contributed by atoms with Crippen molar-refractivity contribution in [3.63, 3.8) is 0 Å². The van der Waals surface area contributed by atoms with Crippen molar-refractivity contribution >= 4 is 96.5 Å². The summed E-state index contributed by atoms with van der Waals surface area (Å²) in [5.41, 5.74) is 0.418. The Bertz CT molecular complexity index is 379. The van der Waals surface area contributed by atoms with E-state index < -0.39 is 0 Å². The fourth-order valence-corrected chi connectivity index (χ4v) is 1.32. The third-order valence-electron chi connectivity index (χ3n) is 2.12. The van der Waals surface area contributed by atoms with E-state index in [1.54, 1.807) is 0 Å². The van der Waals surface area contributed by atoms with Crippen molar-refractivity contribution in [2.45, 2.75) is 0 Å². The highest BCUT2D eigenvalue weighted by Crippen LogP contribution is 2.18. The van der Waals surface area contributed by atoms with Crippen LogP contribution < -0.4 is 31.3 Å². The van der Waals surface area contributed by atoms with Gasteiger partial charge in [-0.3, -0.25) is 0 Å². The zero-order chi connectivity index (χ0) is 12.6. The van der Waals surface area contributed by atoms with Crippen LogP contribution in [0.4, 0.5) is 11.4 Å². The zero-order valence-electron chi connectivity index (χ0n) is 8.51. The number of hydrogen-bond donors (Lipinski definition) is 0. The molecule has 16 radical (unpaired) electrons. The maximum atomic E-state index is 5.69. The van der Waals surface area contributed by atoms with Crippen LogP contribution in [0.1, 0.15) is 0 Å². The molecule has 0 spiro atoms. The van der Waals surface area contributed by atoms with Gasteiger partial charge in [0.2, 0.25) is 31.9 Å². The first-order valence-electron chi connectivity index (χ1n) is 4.13. The van der Waals surface area contributed by atoms with Crippen LogP contribution in [0.3, 0.4) is 0 Å². The van der Waals surface area contributed by atoms with Crippen LogP contribution >= 0.6 is 0 Å². The summed E-state index contributed by atoms with van der Waals surface area (Å²) in [4.78, 5) is 0. The number of anilines is 2. The first-order valence-corrected chi connectivity index (χ1v) is 4.13. The van der Waals surface area contributed by atoms with Crippen molar-refractivity contribution in [1.29, 1.82) is 0 Å². The maximum Gasteiger partial charge on any atom is 0.209 e. The highest BCUT2D eigenvalue weighted by Gasteiger charge is 2.15. The molecule has 0 aliphatic rings. The van der Waals surface area contributed by atoms with Crippen molar-refractivity contribution in [3.05, 3.63) is 0 Å². The summed E-state index contributed by atoms with van der Waals surface area (Å²) >= 11 is 0. The molecule has 1 aromatic carbocycles. The number of rotatable bonds is 2. The van der Waals surface area contributed by atoms with Gasteiger partial charge in [-0.05, 0) is 0 Å². The van der Waals surface area contributed by atoms with E-state index in [0.29, 0.717) is 9.44 Å². The molecule has 10 heteroatoms. The van der Waals surface area contributed by atoms with Gasteiger partial charge in [-0.15, -0.1) is 10.9 Å². The van der Waals surface area contributed by atoms with Crippen LogP contribution in [0.25, 0.3) is 0 Å². The third kappa shape index (κ3) is 2.07. The number of hydrogen-bond acceptors (Lipinski definition) is 2. The van der Waals surface area contributed by atoms with E-state index in [-0.39, 0.29) is 33.2 Å². The van der Waals surface area contributed by atoms with E-state index in [1.807, 2.05) is 0 Å². The summed E-state index contributed by atoms with van der Waals surface area (Å²) in [5.74, 6) is 0. The topological polar surface area (TPSA) is 6.48 Å². The molecule has 0 saturated carbocycles. The fraction of sp³-hybridized carbons (Fsp3) is 0. The Hall–Kier alpha value is -0.661. The van der Waals surface area contributed by atoms with Gasteiger partial charge in [0.05, 0.1) is 0 Å². The lowest BCUT2D eigenvalue weighted by Gasteiger charge is -2.32. The van der Waals surface area contributed by atoms with Crippen LogP contribution in [0.15, 0.2) is 0 Å². The molecule has 0 aliphatic heterocycles. The predicted octanol–water partition coefficient (Wildman–Crippen LogP) is -5.19. The highest BCUT2D eigenvalue weighted by molar-refractivity contribution is 6.67. The smallest absolute Gasteiger partial charge is 0.209 e. The summed E-state index contributed by atoms with van der Waals surface area (Å²) in [5, 5.41) is 0. The Morgan fingerprint density at radius 1 is 0.500 bits per heavy atom. The van der Waals surface area contributed by atoms with Gasteiger partial charge < -0.3 is 9.44 Å². The monoisotopic (exact) mass is 188 g/mol. The molecule has 0 unspecified atom stereocenters. The number of benzene rings is 1. The van der Waals surface area contributed by atoms with Gasteiger partial charge in [-0.2, -0.15) is 0 Å². The largest absolute Gasteiger partial charge is 0.478 e. The molecular formula is C6B8N2. The van der Waals surface area contributed by atoms with E-state index in [4.69, 9.17) is 63.3 Å². The van der Waals surface area contributed by atoms with Crippen molar-refractivity contribution in [3.8, 4) is 0 Å². The van der Waals surface area contributed by atoms with Crippen molar-refractivity contribution in [2.75, 3.05) is 9.44 Å². The molecule has 0 amide bonds. The highest BCUT2D eigenvalue weighted by atomic mass is 15.0. The number of nitrogens with zero attached hydrogens (tertiary/aromatic N) is 2. The lowest BCUT2D eigenvalue weighted by molar-refractivity contribution is 1.57.